The van der Waals surface area contributed by atoms with Gasteiger partial charge in [0, 0.05) is 20.2 Å². The molecule has 2 rings (SSSR count). The van der Waals surface area contributed by atoms with Crippen LogP contribution in [0.3, 0.4) is 0 Å². The Bertz CT molecular complexity index is 603. The van der Waals surface area contributed by atoms with Gasteiger partial charge in [0.2, 0.25) is 5.91 Å². The van der Waals surface area contributed by atoms with Gasteiger partial charge in [-0.05, 0) is 17.7 Å². The molecule has 0 spiro atoms. The smallest absolute Gasteiger partial charge is 0.230 e. The Labute approximate surface area is 132 Å². The minimum atomic E-state index is -0.291. The number of methoxy groups -OCH3 is 1. The molecule has 0 aliphatic carbocycles. The van der Waals surface area contributed by atoms with Gasteiger partial charge >= 0.3 is 0 Å². The number of carbonyl (C=O) groups is 1. The van der Waals surface area contributed by atoms with Crippen molar-refractivity contribution in [3.8, 4) is 0 Å². The van der Waals surface area contributed by atoms with Gasteiger partial charge in [-0.1, -0.05) is 23.9 Å². The first-order valence-corrected chi connectivity index (χ1v) is 7.68. The number of ether oxygens (including phenoxy) is 1. The Morgan fingerprint density at radius 3 is 2.91 bits per heavy atom. The highest BCUT2D eigenvalue weighted by Crippen LogP contribution is 2.14. The van der Waals surface area contributed by atoms with Crippen LogP contribution in [0.2, 0.25) is 0 Å². The quantitative estimate of drug-likeness (QED) is 0.745. The molecular formula is C14H17FN4O2S. The van der Waals surface area contributed by atoms with E-state index < -0.39 is 0 Å². The summed E-state index contributed by atoms with van der Waals surface area (Å²) >= 11 is 1.31. The summed E-state index contributed by atoms with van der Waals surface area (Å²) in [6.07, 6.45) is 1.61. The van der Waals surface area contributed by atoms with Crippen LogP contribution in [0.15, 0.2) is 35.7 Å². The lowest BCUT2D eigenvalue weighted by Crippen LogP contribution is -2.24. The van der Waals surface area contributed by atoms with Gasteiger partial charge in [-0.2, -0.15) is 0 Å². The Morgan fingerprint density at radius 1 is 1.41 bits per heavy atom. The summed E-state index contributed by atoms with van der Waals surface area (Å²) in [5.41, 5.74) is 0.850. The Hall–Kier alpha value is -1.93. The standard InChI is InChI=1S/C14H17FN4O2S/c1-21-7-6-19-10-17-18-14(19)22-9-13(20)16-8-11-2-4-12(15)5-3-11/h2-5,10H,6-9H2,1H3,(H,16,20). The molecule has 2 aromatic rings. The van der Waals surface area contributed by atoms with E-state index in [2.05, 4.69) is 15.5 Å². The van der Waals surface area contributed by atoms with Gasteiger partial charge in [0.25, 0.3) is 0 Å². The lowest BCUT2D eigenvalue weighted by molar-refractivity contribution is -0.118. The highest BCUT2D eigenvalue weighted by Gasteiger charge is 2.08. The summed E-state index contributed by atoms with van der Waals surface area (Å²) in [6.45, 7) is 1.57. The number of carbonyl (C=O) groups excluding carboxylic acids is 1. The number of hydrogen-bond donors (Lipinski definition) is 1. The molecule has 0 fully saturated rings. The third-order valence-electron chi connectivity index (χ3n) is 2.85. The van der Waals surface area contributed by atoms with Crippen LogP contribution in [0.5, 0.6) is 0 Å². The number of halogens is 1. The fraction of sp³-hybridized carbons (Fsp3) is 0.357. The van der Waals surface area contributed by atoms with E-state index in [1.807, 2.05) is 4.57 Å². The highest BCUT2D eigenvalue weighted by molar-refractivity contribution is 7.99. The monoisotopic (exact) mass is 324 g/mol. The molecule has 0 aliphatic heterocycles. The van der Waals surface area contributed by atoms with E-state index in [1.54, 1.807) is 25.6 Å². The summed E-state index contributed by atoms with van der Waals surface area (Å²) in [4.78, 5) is 11.8. The lowest BCUT2D eigenvalue weighted by Gasteiger charge is -2.06. The summed E-state index contributed by atoms with van der Waals surface area (Å²) < 4.78 is 19.6. The van der Waals surface area contributed by atoms with E-state index in [9.17, 15) is 9.18 Å². The molecule has 0 bridgehead atoms. The zero-order chi connectivity index (χ0) is 15.8. The van der Waals surface area contributed by atoms with Crippen molar-refractivity contribution in [2.24, 2.45) is 0 Å². The number of thioether (sulfide) groups is 1. The van der Waals surface area contributed by atoms with Gasteiger partial charge in [0.15, 0.2) is 5.16 Å². The number of benzene rings is 1. The molecular weight excluding hydrogens is 307 g/mol. The second-order valence-corrected chi connectivity index (χ2v) is 5.43. The molecule has 1 heterocycles. The molecule has 118 valence electrons. The van der Waals surface area contributed by atoms with Crippen molar-refractivity contribution in [2.45, 2.75) is 18.2 Å². The SMILES string of the molecule is COCCn1cnnc1SCC(=O)NCc1ccc(F)cc1. The number of nitrogens with one attached hydrogen (secondary N) is 1. The highest BCUT2D eigenvalue weighted by atomic mass is 32.2. The van der Waals surface area contributed by atoms with Crippen molar-refractivity contribution in [2.75, 3.05) is 19.5 Å². The first kappa shape index (κ1) is 16.4. The maximum atomic E-state index is 12.8. The van der Waals surface area contributed by atoms with Gasteiger partial charge in [-0.3, -0.25) is 4.79 Å². The summed E-state index contributed by atoms with van der Waals surface area (Å²) in [7, 11) is 1.63. The van der Waals surface area contributed by atoms with Crippen LogP contribution < -0.4 is 5.32 Å². The average Bonchev–Trinajstić information content (AvgIpc) is 2.97. The molecule has 0 saturated heterocycles. The Balaban J connectivity index is 1.75. The molecule has 1 aromatic carbocycles. The van der Waals surface area contributed by atoms with Gasteiger partial charge in [0.05, 0.1) is 12.4 Å². The van der Waals surface area contributed by atoms with Crippen molar-refractivity contribution in [1.82, 2.24) is 20.1 Å². The van der Waals surface area contributed by atoms with E-state index in [0.29, 0.717) is 24.9 Å². The molecule has 1 amide bonds. The van der Waals surface area contributed by atoms with Gasteiger partial charge in [-0.15, -0.1) is 10.2 Å². The lowest BCUT2D eigenvalue weighted by atomic mass is 10.2. The number of nitrogens with zero attached hydrogens (tertiary/aromatic N) is 3. The van der Waals surface area contributed by atoms with Crippen molar-refractivity contribution >= 4 is 17.7 Å². The summed E-state index contributed by atoms with van der Waals surface area (Å²) in [6, 6.07) is 6.03. The van der Waals surface area contributed by atoms with Crippen LogP contribution in [0.25, 0.3) is 0 Å². The molecule has 1 aromatic heterocycles. The third-order valence-corrected chi connectivity index (χ3v) is 3.83. The minimum Gasteiger partial charge on any atom is -0.383 e. The van der Waals surface area contributed by atoms with Crippen molar-refractivity contribution in [1.29, 1.82) is 0 Å². The van der Waals surface area contributed by atoms with Gasteiger partial charge < -0.3 is 14.6 Å². The van der Waals surface area contributed by atoms with E-state index in [1.165, 1.54) is 23.9 Å². The largest absolute Gasteiger partial charge is 0.383 e. The van der Waals surface area contributed by atoms with Crippen molar-refractivity contribution in [3.63, 3.8) is 0 Å². The summed E-state index contributed by atoms with van der Waals surface area (Å²) in [5.74, 6) is -0.163. The molecule has 0 radical (unpaired) electrons. The predicted octanol–water partition coefficient (Wildman–Crippen LogP) is 1.47. The second kappa shape index (κ2) is 8.50. The molecule has 0 atom stereocenters. The van der Waals surface area contributed by atoms with Gasteiger partial charge in [0.1, 0.15) is 12.1 Å². The van der Waals surface area contributed by atoms with Crippen molar-refractivity contribution < 1.29 is 13.9 Å². The molecule has 8 heteroatoms. The molecule has 22 heavy (non-hydrogen) atoms. The van der Waals surface area contributed by atoms with E-state index >= 15 is 0 Å². The topological polar surface area (TPSA) is 69.0 Å². The van der Waals surface area contributed by atoms with Crippen LogP contribution >= 0.6 is 11.8 Å². The molecule has 6 nitrogen and oxygen atoms in total. The van der Waals surface area contributed by atoms with Crippen LogP contribution in [0.4, 0.5) is 4.39 Å². The predicted molar refractivity (Wildman–Crippen MR) is 80.9 cm³/mol. The molecule has 0 saturated carbocycles. The minimum absolute atomic E-state index is 0.115. The third kappa shape index (κ3) is 5.12. The average molecular weight is 324 g/mol. The van der Waals surface area contributed by atoms with E-state index in [4.69, 9.17) is 4.74 Å². The number of amides is 1. The molecule has 0 unspecified atom stereocenters. The fourth-order valence-corrected chi connectivity index (χ4v) is 2.45. The number of hydrogen-bond acceptors (Lipinski definition) is 5. The zero-order valence-corrected chi connectivity index (χ0v) is 13.0. The first-order valence-electron chi connectivity index (χ1n) is 6.69. The maximum Gasteiger partial charge on any atom is 0.230 e. The summed E-state index contributed by atoms with van der Waals surface area (Å²) in [5, 5.41) is 11.2. The normalized spacial score (nSPS) is 10.6. The van der Waals surface area contributed by atoms with Crippen LogP contribution in [0, 0.1) is 5.82 Å². The van der Waals surface area contributed by atoms with E-state index in [-0.39, 0.29) is 17.5 Å². The molecule has 1 N–H and O–H groups in total. The van der Waals surface area contributed by atoms with E-state index in [0.717, 1.165) is 5.56 Å². The zero-order valence-electron chi connectivity index (χ0n) is 12.2. The van der Waals surface area contributed by atoms with Crippen LogP contribution in [-0.4, -0.2) is 40.1 Å². The van der Waals surface area contributed by atoms with Crippen LogP contribution in [-0.2, 0) is 22.6 Å². The van der Waals surface area contributed by atoms with Gasteiger partial charge in [-0.25, -0.2) is 4.39 Å². The maximum absolute atomic E-state index is 12.8. The second-order valence-electron chi connectivity index (χ2n) is 4.49. The Morgan fingerprint density at radius 2 is 2.18 bits per heavy atom. The first-order chi connectivity index (χ1) is 10.7. The van der Waals surface area contributed by atoms with Crippen LogP contribution in [0.1, 0.15) is 5.56 Å². The fourth-order valence-electron chi connectivity index (χ4n) is 1.68. The molecule has 0 aliphatic rings. The Kier molecular flexibility index (Phi) is 6.35. The number of rotatable bonds is 8. The van der Waals surface area contributed by atoms with Crippen molar-refractivity contribution in [3.05, 3.63) is 42.0 Å². The number of aromatic nitrogens is 3.